The van der Waals surface area contributed by atoms with Gasteiger partial charge in [-0.15, -0.1) is 0 Å². The van der Waals surface area contributed by atoms with Crippen LogP contribution in [0.5, 0.6) is 0 Å². The van der Waals surface area contributed by atoms with Gasteiger partial charge in [0, 0.05) is 13.1 Å². The minimum Gasteiger partial charge on any atom is -0.356 e. The molecule has 0 aliphatic heterocycles. The van der Waals surface area contributed by atoms with E-state index < -0.39 is 0 Å². The maximum absolute atomic E-state index is 11.8. The molecule has 0 aromatic carbocycles. The first-order valence-electron chi connectivity index (χ1n) is 6.24. The largest absolute Gasteiger partial charge is 0.356 e. The quantitative estimate of drug-likeness (QED) is 0.732. The number of amides is 1. The second-order valence-corrected chi connectivity index (χ2v) is 6.17. The molecule has 0 rings (SSSR count). The molecule has 0 heterocycles. The molecule has 3 N–H and O–H groups in total. The molecule has 3 nitrogen and oxygen atoms in total. The Bertz CT molecular complexity index is 206. The molecule has 96 valence electrons. The third-order valence-corrected chi connectivity index (χ3v) is 2.53. The molecule has 0 fully saturated rings. The van der Waals surface area contributed by atoms with Crippen molar-refractivity contribution in [2.45, 2.75) is 47.5 Å². The van der Waals surface area contributed by atoms with Crippen LogP contribution in [0.15, 0.2) is 0 Å². The Morgan fingerprint density at radius 3 is 2.25 bits per heavy atom. The maximum Gasteiger partial charge on any atom is 0.224 e. The first kappa shape index (κ1) is 15.4. The molecule has 1 amide bonds. The van der Waals surface area contributed by atoms with Crippen molar-refractivity contribution in [3.05, 3.63) is 0 Å². The van der Waals surface area contributed by atoms with E-state index in [0.717, 1.165) is 19.4 Å². The van der Waals surface area contributed by atoms with Gasteiger partial charge in [-0.05, 0) is 24.2 Å². The number of hydrogen-bond acceptors (Lipinski definition) is 2. The maximum atomic E-state index is 11.8. The Morgan fingerprint density at radius 2 is 1.88 bits per heavy atom. The van der Waals surface area contributed by atoms with E-state index >= 15 is 0 Å². The number of carbonyl (C=O) groups excluding carboxylic acids is 1. The Hall–Kier alpha value is -0.570. The molecule has 1 atom stereocenters. The van der Waals surface area contributed by atoms with Gasteiger partial charge in [0.2, 0.25) is 5.91 Å². The Kier molecular flexibility index (Phi) is 6.65. The van der Waals surface area contributed by atoms with Crippen molar-refractivity contribution < 1.29 is 4.79 Å². The molecule has 0 radical (unpaired) electrons. The highest BCUT2D eigenvalue weighted by Crippen LogP contribution is 2.23. The van der Waals surface area contributed by atoms with E-state index in [4.69, 9.17) is 5.73 Å². The summed E-state index contributed by atoms with van der Waals surface area (Å²) in [5.74, 6) is 0.685. The zero-order chi connectivity index (χ0) is 12.8. The van der Waals surface area contributed by atoms with Gasteiger partial charge in [-0.1, -0.05) is 34.6 Å². The molecule has 0 spiro atoms. The van der Waals surface area contributed by atoms with Crippen LogP contribution in [0.2, 0.25) is 0 Å². The van der Waals surface area contributed by atoms with Gasteiger partial charge >= 0.3 is 0 Å². The molecule has 0 aliphatic carbocycles. The average molecular weight is 228 g/mol. The van der Waals surface area contributed by atoms with Crippen molar-refractivity contribution in [3.8, 4) is 0 Å². The Balaban J connectivity index is 4.02. The van der Waals surface area contributed by atoms with Crippen LogP contribution >= 0.6 is 0 Å². The molecule has 0 saturated carbocycles. The molecule has 0 aromatic rings. The average Bonchev–Trinajstić information content (AvgIpc) is 2.11. The summed E-state index contributed by atoms with van der Waals surface area (Å²) in [5.41, 5.74) is 5.80. The third-order valence-electron chi connectivity index (χ3n) is 2.53. The van der Waals surface area contributed by atoms with Gasteiger partial charge in [0.1, 0.15) is 0 Å². The summed E-state index contributed by atoms with van der Waals surface area (Å²) in [6.45, 7) is 11.9. The van der Waals surface area contributed by atoms with Crippen LogP contribution in [0.3, 0.4) is 0 Å². The van der Waals surface area contributed by atoms with E-state index in [9.17, 15) is 4.79 Å². The van der Waals surface area contributed by atoms with Crippen LogP contribution in [0.4, 0.5) is 0 Å². The van der Waals surface area contributed by atoms with Gasteiger partial charge in [-0.2, -0.15) is 0 Å². The van der Waals surface area contributed by atoms with Gasteiger partial charge in [0.25, 0.3) is 0 Å². The minimum absolute atomic E-state index is 0.0489. The standard InChI is InChI=1S/C13H28N2O/c1-10(2)6-7-15-12(16)11(9-14)8-13(3,4)5/h10-11H,6-9,14H2,1-5H3,(H,15,16). The summed E-state index contributed by atoms with van der Waals surface area (Å²) < 4.78 is 0. The zero-order valence-corrected chi connectivity index (χ0v) is 11.5. The van der Waals surface area contributed by atoms with Crippen molar-refractivity contribution in [2.24, 2.45) is 23.0 Å². The molecule has 0 aromatic heterocycles. The Morgan fingerprint density at radius 1 is 1.31 bits per heavy atom. The van der Waals surface area contributed by atoms with Gasteiger partial charge in [0.15, 0.2) is 0 Å². The van der Waals surface area contributed by atoms with E-state index in [1.807, 2.05) is 0 Å². The molecule has 0 aliphatic rings. The normalized spacial score (nSPS) is 13.9. The highest BCUT2D eigenvalue weighted by Gasteiger charge is 2.23. The van der Waals surface area contributed by atoms with Crippen molar-refractivity contribution in [3.63, 3.8) is 0 Å². The van der Waals surface area contributed by atoms with Gasteiger partial charge in [-0.25, -0.2) is 0 Å². The SMILES string of the molecule is CC(C)CCNC(=O)C(CN)CC(C)(C)C. The number of nitrogens with two attached hydrogens (primary N) is 1. The summed E-state index contributed by atoms with van der Waals surface area (Å²) >= 11 is 0. The number of nitrogens with one attached hydrogen (secondary N) is 1. The highest BCUT2D eigenvalue weighted by molar-refractivity contribution is 5.78. The van der Waals surface area contributed by atoms with Crippen molar-refractivity contribution in [2.75, 3.05) is 13.1 Å². The summed E-state index contributed by atoms with van der Waals surface area (Å²) in [6.07, 6.45) is 1.87. The highest BCUT2D eigenvalue weighted by atomic mass is 16.1. The van der Waals surface area contributed by atoms with E-state index in [1.165, 1.54) is 0 Å². The molecule has 0 bridgehead atoms. The predicted molar refractivity (Wildman–Crippen MR) is 69.1 cm³/mol. The molecule has 1 unspecified atom stereocenters. The molecular weight excluding hydrogens is 200 g/mol. The lowest BCUT2D eigenvalue weighted by molar-refractivity contribution is -0.125. The fraction of sp³-hybridized carbons (Fsp3) is 0.923. The summed E-state index contributed by atoms with van der Waals surface area (Å²) in [5, 5.41) is 2.97. The van der Waals surface area contributed by atoms with E-state index in [1.54, 1.807) is 0 Å². The minimum atomic E-state index is -0.0489. The van der Waals surface area contributed by atoms with E-state index in [2.05, 4.69) is 39.9 Å². The van der Waals surface area contributed by atoms with E-state index in [0.29, 0.717) is 12.5 Å². The first-order valence-corrected chi connectivity index (χ1v) is 6.24. The molecule has 16 heavy (non-hydrogen) atoms. The van der Waals surface area contributed by atoms with Crippen molar-refractivity contribution in [1.29, 1.82) is 0 Å². The summed E-state index contributed by atoms with van der Waals surface area (Å²) in [4.78, 5) is 11.8. The van der Waals surface area contributed by atoms with Crippen LogP contribution in [-0.2, 0) is 4.79 Å². The predicted octanol–water partition coefficient (Wildman–Crippen LogP) is 2.16. The molecular formula is C13H28N2O. The van der Waals surface area contributed by atoms with Crippen LogP contribution in [-0.4, -0.2) is 19.0 Å². The van der Waals surface area contributed by atoms with Crippen LogP contribution in [0.1, 0.15) is 47.5 Å². The van der Waals surface area contributed by atoms with Crippen molar-refractivity contribution >= 4 is 5.91 Å². The number of carbonyl (C=O) groups is 1. The van der Waals surface area contributed by atoms with Crippen molar-refractivity contribution in [1.82, 2.24) is 5.32 Å². The van der Waals surface area contributed by atoms with Gasteiger partial charge in [0.05, 0.1) is 5.92 Å². The van der Waals surface area contributed by atoms with Crippen LogP contribution in [0.25, 0.3) is 0 Å². The smallest absolute Gasteiger partial charge is 0.224 e. The lowest BCUT2D eigenvalue weighted by atomic mass is 9.84. The van der Waals surface area contributed by atoms with E-state index in [-0.39, 0.29) is 17.2 Å². The second-order valence-electron chi connectivity index (χ2n) is 6.17. The monoisotopic (exact) mass is 228 g/mol. The topological polar surface area (TPSA) is 55.1 Å². The zero-order valence-electron chi connectivity index (χ0n) is 11.5. The number of hydrogen-bond donors (Lipinski definition) is 2. The molecule has 3 heteroatoms. The lowest BCUT2D eigenvalue weighted by Crippen LogP contribution is -2.37. The Labute approximate surface area is 100 Å². The summed E-state index contributed by atoms with van der Waals surface area (Å²) in [6, 6.07) is 0. The lowest BCUT2D eigenvalue weighted by Gasteiger charge is -2.24. The van der Waals surface area contributed by atoms with Crippen LogP contribution in [0, 0.1) is 17.3 Å². The number of rotatable bonds is 6. The molecule has 0 saturated heterocycles. The third kappa shape index (κ3) is 7.69. The fourth-order valence-electron chi connectivity index (χ4n) is 1.65. The first-order chi connectivity index (χ1) is 7.26. The second kappa shape index (κ2) is 6.89. The van der Waals surface area contributed by atoms with Gasteiger partial charge < -0.3 is 11.1 Å². The van der Waals surface area contributed by atoms with Gasteiger partial charge in [-0.3, -0.25) is 4.79 Å². The fourth-order valence-corrected chi connectivity index (χ4v) is 1.65. The summed E-state index contributed by atoms with van der Waals surface area (Å²) in [7, 11) is 0. The van der Waals surface area contributed by atoms with Crippen LogP contribution < -0.4 is 11.1 Å².